The first kappa shape index (κ1) is 25.1. The first-order chi connectivity index (χ1) is 13.5. The van der Waals surface area contributed by atoms with E-state index in [2.05, 4.69) is 5.32 Å². The normalized spacial score (nSPS) is 21.4. The van der Waals surface area contributed by atoms with E-state index >= 15 is 0 Å². The minimum atomic E-state index is -1.02. The number of carbonyl (C=O) groups excluding carboxylic acids is 2. The van der Waals surface area contributed by atoms with Gasteiger partial charge in [-0.15, -0.1) is 0 Å². The van der Waals surface area contributed by atoms with Crippen LogP contribution in [0.1, 0.15) is 47.0 Å². The number of likely N-dealkylation sites (tertiary alicyclic amines) is 1. The van der Waals surface area contributed by atoms with Crippen LogP contribution in [0.5, 0.6) is 0 Å². The Morgan fingerprint density at radius 1 is 1.24 bits per heavy atom. The van der Waals surface area contributed by atoms with Crippen LogP contribution < -0.4 is 5.32 Å². The van der Waals surface area contributed by atoms with Gasteiger partial charge >= 0.3 is 5.97 Å². The summed E-state index contributed by atoms with van der Waals surface area (Å²) in [5.74, 6) is -1.51. The number of likely N-dealkylation sites (N-methyl/N-ethyl adjacent to an activating group) is 2. The average molecular weight is 412 g/mol. The Labute approximate surface area is 174 Å². The summed E-state index contributed by atoms with van der Waals surface area (Å²) >= 11 is 0. The fourth-order valence-electron chi connectivity index (χ4n) is 3.62. The van der Waals surface area contributed by atoms with Crippen LogP contribution in [0.4, 0.5) is 0 Å². The Kier molecular flexibility index (Phi) is 9.79. The summed E-state index contributed by atoms with van der Waals surface area (Å²) in [5.41, 5.74) is 0.174. The van der Waals surface area contributed by atoms with Crippen LogP contribution >= 0.6 is 0 Å². The molecule has 0 saturated carbocycles. The summed E-state index contributed by atoms with van der Waals surface area (Å²) in [5, 5.41) is 12.1. The largest absolute Gasteiger partial charge is 0.478 e. The van der Waals surface area contributed by atoms with E-state index in [0.29, 0.717) is 0 Å². The van der Waals surface area contributed by atoms with Gasteiger partial charge in [0.15, 0.2) is 0 Å². The molecule has 1 aliphatic heterocycles. The zero-order valence-corrected chi connectivity index (χ0v) is 18.8. The molecular weight excluding hydrogens is 374 g/mol. The molecule has 0 radical (unpaired) electrons. The van der Waals surface area contributed by atoms with Crippen molar-refractivity contribution in [1.29, 1.82) is 0 Å². The zero-order valence-electron chi connectivity index (χ0n) is 18.8. The SMILES string of the molecule is CO[C@H](C)[C@H](NC(=O)C1CCCCN1C)C(=O)N(C)[C@H](C=C(C)C(=O)O)C(C)C. The first-order valence-electron chi connectivity index (χ1n) is 10.2. The topological polar surface area (TPSA) is 99.2 Å². The highest BCUT2D eigenvalue weighted by atomic mass is 16.5. The van der Waals surface area contributed by atoms with Gasteiger partial charge in [0.05, 0.1) is 18.2 Å². The molecule has 0 aromatic heterocycles. The van der Waals surface area contributed by atoms with Gasteiger partial charge in [-0.3, -0.25) is 14.5 Å². The number of hydrogen-bond donors (Lipinski definition) is 2. The summed E-state index contributed by atoms with van der Waals surface area (Å²) in [6, 6.07) is -1.53. The molecule has 4 atom stereocenters. The number of methoxy groups -OCH3 is 1. The second-order valence-electron chi connectivity index (χ2n) is 8.26. The third-order valence-corrected chi connectivity index (χ3v) is 5.71. The molecule has 2 N–H and O–H groups in total. The van der Waals surface area contributed by atoms with Gasteiger partial charge in [0.25, 0.3) is 0 Å². The molecule has 0 spiro atoms. The number of aliphatic carboxylic acids is 1. The maximum atomic E-state index is 13.3. The molecule has 1 fully saturated rings. The van der Waals surface area contributed by atoms with Crippen molar-refractivity contribution in [3.8, 4) is 0 Å². The third-order valence-electron chi connectivity index (χ3n) is 5.71. The van der Waals surface area contributed by atoms with Gasteiger partial charge in [0, 0.05) is 19.7 Å². The van der Waals surface area contributed by atoms with E-state index < -0.39 is 24.2 Å². The third kappa shape index (κ3) is 6.82. The fraction of sp³-hybridized carbons (Fsp3) is 0.762. The Morgan fingerprint density at radius 3 is 2.34 bits per heavy atom. The van der Waals surface area contributed by atoms with Crippen LogP contribution in [0.15, 0.2) is 11.6 Å². The molecule has 1 unspecified atom stereocenters. The molecule has 1 aliphatic rings. The van der Waals surface area contributed by atoms with Crippen LogP contribution in [-0.2, 0) is 19.1 Å². The molecular formula is C21H37N3O5. The van der Waals surface area contributed by atoms with Crippen LogP contribution in [0.2, 0.25) is 0 Å². The molecule has 29 heavy (non-hydrogen) atoms. The van der Waals surface area contributed by atoms with E-state index in [1.165, 1.54) is 18.9 Å². The lowest BCUT2D eigenvalue weighted by Gasteiger charge is -2.36. The first-order valence-corrected chi connectivity index (χ1v) is 10.2. The number of nitrogens with zero attached hydrogens (tertiary/aromatic N) is 2. The van der Waals surface area contributed by atoms with Gasteiger partial charge in [-0.05, 0) is 46.2 Å². The van der Waals surface area contributed by atoms with Crippen molar-refractivity contribution in [2.45, 2.75) is 71.2 Å². The lowest BCUT2D eigenvalue weighted by Crippen LogP contribution is -2.59. The van der Waals surface area contributed by atoms with Crippen molar-refractivity contribution >= 4 is 17.8 Å². The Balaban J connectivity index is 3.06. The van der Waals surface area contributed by atoms with E-state index in [-0.39, 0.29) is 29.3 Å². The average Bonchev–Trinajstić information content (AvgIpc) is 2.68. The van der Waals surface area contributed by atoms with Gasteiger partial charge < -0.3 is 20.1 Å². The number of rotatable bonds is 9. The van der Waals surface area contributed by atoms with Gasteiger partial charge in [-0.1, -0.05) is 26.3 Å². The molecule has 8 heteroatoms. The van der Waals surface area contributed by atoms with Crippen LogP contribution in [0.25, 0.3) is 0 Å². The van der Waals surface area contributed by atoms with Gasteiger partial charge in [0.2, 0.25) is 11.8 Å². The minimum absolute atomic E-state index is 0.00284. The number of ether oxygens (including phenoxy) is 1. The fourth-order valence-corrected chi connectivity index (χ4v) is 3.62. The van der Waals surface area contributed by atoms with E-state index in [0.717, 1.165) is 25.8 Å². The Bertz CT molecular complexity index is 619. The molecule has 8 nitrogen and oxygen atoms in total. The van der Waals surface area contributed by atoms with Gasteiger partial charge in [-0.2, -0.15) is 0 Å². The molecule has 1 heterocycles. The molecule has 1 rings (SSSR count). The van der Waals surface area contributed by atoms with Crippen molar-refractivity contribution in [2.75, 3.05) is 27.7 Å². The second-order valence-corrected chi connectivity index (χ2v) is 8.26. The van der Waals surface area contributed by atoms with E-state index in [1.54, 1.807) is 20.0 Å². The highest BCUT2D eigenvalue weighted by Crippen LogP contribution is 2.18. The van der Waals surface area contributed by atoms with Crippen molar-refractivity contribution in [3.05, 3.63) is 11.6 Å². The highest BCUT2D eigenvalue weighted by molar-refractivity contribution is 5.91. The van der Waals surface area contributed by atoms with Crippen molar-refractivity contribution in [3.63, 3.8) is 0 Å². The van der Waals surface area contributed by atoms with E-state index in [1.807, 2.05) is 25.8 Å². The maximum Gasteiger partial charge on any atom is 0.331 e. The molecule has 0 aliphatic carbocycles. The van der Waals surface area contributed by atoms with Crippen molar-refractivity contribution < 1.29 is 24.2 Å². The molecule has 0 aromatic carbocycles. The number of amides is 2. The van der Waals surface area contributed by atoms with E-state index in [9.17, 15) is 19.5 Å². The summed E-state index contributed by atoms with van der Waals surface area (Å²) in [6.45, 7) is 7.94. The van der Waals surface area contributed by atoms with Crippen molar-refractivity contribution in [1.82, 2.24) is 15.1 Å². The summed E-state index contributed by atoms with van der Waals surface area (Å²) < 4.78 is 5.37. The molecule has 0 bridgehead atoms. The number of piperidine rings is 1. The maximum absolute atomic E-state index is 13.3. The van der Waals surface area contributed by atoms with Gasteiger partial charge in [0.1, 0.15) is 6.04 Å². The van der Waals surface area contributed by atoms with Crippen LogP contribution in [0, 0.1) is 5.92 Å². The quantitative estimate of drug-likeness (QED) is 0.558. The lowest BCUT2D eigenvalue weighted by atomic mass is 9.98. The van der Waals surface area contributed by atoms with Gasteiger partial charge in [-0.25, -0.2) is 4.79 Å². The monoisotopic (exact) mass is 411 g/mol. The predicted molar refractivity (Wildman–Crippen MR) is 111 cm³/mol. The molecule has 1 saturated heterocycles. The lowest BCUT2D eigenvalue weighted by molar-refractivity contribution is -0.142. The standard InChI is InChI=1S/C21H37N3O5/c1-13(2)17(12-14(3)21(27)28)24(6)20(26)18(15(4)29-7)22-19(25)16-10-8-9-11-23(16)5/h12-13,15-18H,8-11H2,1-7H3,(H,22,25)(H,27,28)/t15-,16?,17-,18+/m1/s1. The minimum Gasteiger partial charge on any atom is -0.478 e. The number of carboxylic acids is 1. The predicted octanol–water partition coefficient (Wildman–Crippen LogP) is 1.50. The summed E-state index contributed by atoms with van der Waals surface area (Å²) in [6.07, 6.45) is 3.85. The summed E-state index contributed by atoms with van der Waals surface area (Å²) in [4.78, 5) is 40.9. The van der Waals surface area contributed by atoms with Crippen molar-refractivity contribution in [2.24, 2.45) is 5.92 Å². The molecule has 166 valence electrons. The van der Waals surface area contributed by atoms with E-state index in [4.69, 9.17) is 4.74 Å². The molecule has 2 amide bonds. The Morgan fingerprint density at radius 2 is 1.86 bits per heavy atom. The second kappa shape index (κ2) is 11.3. The zero-order chi connectivity index (χ0) is 22.3. The number of carboxylic acid groups (broad SMARTS) is 1. The smallest absolute Gasteiger partial charge is 0.331 e. The highest BCUT2D eigenvalue weighted by Gasteiger charge is 2.35. The molecule has 0 aromatic rings. The number of carbonyl (C=O) groups is 3. The number of hydrogen-bond acceptors (Lipinski definition) is 5. The Hall–Kier alpha value is -1.93. The number of nitrogens with one attached hydrogen (secondary N) is 1. The van der Waals surface area contributed by atoms with Crippen LogP contribution in [0.3, 0.4) is 0 Å². The summed E-state index contributed by atoms with van der Waals surface area (Å²) in [7, 11) is 5.05. The van der Waals surface area contributed by atoms with Crippen LogP contribution in [-0.4, -0.2) is 84.7 Å².